The first-order valence-corrected chi connectivity index (χ1v) is 12.1. The molecule has 0 radical (unpaired) electrons. The molecule has 4 rings (SSSR count). The number of hydrogen-bond acceptors (Lipinski definition) is 4. The van der Waals surface area contributed by atoms with Crippen LogP contribution in [0.3, 0.4) is 0 Å². The summed E-state index contributed by atoms with van der Waals surface area (Å²) in [5, 5.41) is 3.29. The maximum absolute atomic E-state index is 13.8. The number of nitrogens with one attached hydrogen (secondary N) is 2. The molecule has 0 aliphatic heterocycles. The molecular formula is C24H22ClFN2O4S. The number of amides is 1. The Hall–Kier alpha value is -3.10. The maximum Gasteiger partial charge on any atom is 0.265 e. The molecule has 0 spiro atoms. The molecular weight excluding hydrogens is 467 g/mol. The zero-order valence-corrected chi connectivity index (χ0v) is 19.3. The Kier molecular flexibility index (Phi) is 6.32. The van der Waals surface area contributed by atoms with E-state index in [9.17, 15) is 17.6 Å². The number of carbonyl (C=O) groups is 1. The summed E-state index contributed by atoms with van der Waals surface area (Å²) in [6.45, 7) is 0. The van der Waals surface area contributed by atoms with Crippen LogP contribution < -0.4 is 14.8 Å². The fraction of sp³-hybridized carbons (Fsp3) is 0.208. The predicted octanol–water partition coefficient (Wildman–Crippen LogP) is 5.35. The minimum Gasteiger partial charge on any atom is -0.495 e. The predicted molar refractivity (Wildman–Crippen MR) is 126 cm³/mol. The quantitative estimate of drug-likeness (QED) is 0.469. The van der Waals surface area contributed by atoms with Gasteiger partial charge in [-0.15, -0.1) is 0 Å². The van der Waals surface area contributed by atoms with Crippen LogP contribution in [0.15, 0.2) is 71.6 Å². The molecule has 0 atom stereocenters. The second kappa shape index (κ2) is 9.03. The summed E-state index contributed by atoms with van der Waals surface area (Å²) in [6, 6.07) is 16.6. The first-order chi connectivity index (χ1) is 15.7. The van der Waals surface area contributed by atoms with E-state index < -0.39 is 21.3 Å². The molecule has 0 saturated heterocycles. The molecule has 172 valence electrons. The zero-order valence-electron chi connectivity index (χ0n) is 17.8. The molecule has 3 aromatic carbocycles. The van der Waals surface area contributed by atoms with Crippen molar-refractivity contribution in [1.29, 1.82) is 0 Å². The third-order valence-corrected chi connectivity index (χ3v) is 7.48. The van der Waals surface area contributed by atoms with Gasteiger partial charge in [0.1, 0.15) is 16.5 Å². The molecule has 0 bridgehead atoms. The SMILES string of the molecule is COc1ccc(NC(=O)C2(c3cccc(F)c3)CCC2)cc1S(=O)(=O)Nc1ccc(Cl)cc1. The second-order valence-electron chi connectivity index (χ2n) is 7.88. The average Bonchev–Trinajstić information content (AvgIpc) is 2.74. The summed E-state index contributed by atoms with van der Waals surface area (Å²) in [5.41, 5.74) is 0.384. The molecule has 3 aromatic rings. The van der Waals surface area contributed by atoms with Crippen LogP contribution in [0, 0.1) is 5.82 Å². The van der Waals surface area contributed by atoms with Gasteiger partial charge in [-0.3, -0.25) is 9.52 Å². The highest BCUT2D eigenvalue weighted by Gasteiger charge is 2.45. The van der Waals surface area contributed by atoms with E-state index in [1.807, 2.05) is 0 Å². The Balaban J connectivity index is 1.62. The molecule has 33 heavy (non-hydrogen) atoms. The van der Waals surface area contributed by atoms with Crippen LogP contribution in [-0.2, 0) is 20.2 Å². The minimum absolute atomic E-state index is 0.123. The Bertz CT molecular complexity index is 1290. The maximum atomic E-state index is 13.8. The number of halogens is 2. The monoisotopic (exact) mass is 488 g/mol. The highest BCUT2D eigenvalue weighted by molar-refractivity contribution is 7.92. The summed E-state index contributed by atoms with van der Waals surface area (Å²) >= 11 is 5.86. The lowest BCUT2D eigenvalue weighted by atomic mass is 9.63. The van der Waals surface area contributed by atoms with Crippen LogP contribution in [0.1, 0.15) is 24.8 Å². The second-order valence-corrected chi connectivity index (χ2v) is 9.97. The highest BCUT2D eigenvalue weighted by Crippen LogP contribution is 2.45. The Morgan fingerprint density at radius 1 is 1.03 bits per heavy atom. The van der Waals surface area contributed by atoms with Gasteiger partial charge >= 0.3 is 0 Å². The van der Waals surface area contributed by atoms with Crippen molar-refractivity contribution in [3.05, 3.63) is 83.1 Å². The van der Waals surface area contributed by atoms with Gasteiger partial charge in [-0.25, -0.2) is 12.8 Å². The lowest BCUT2D eigenvalue weighted by molar-refractivity contribution is -0.124. The van der Waals surface area contributed by atoms with E-state index >= 15 is 0 Å². The lowest BCUT2D eigenvalue weighted by Gasteiger charge is -2.40. The fourth-order valence-electron chi connectivity index (χ4n) is 3.91. The van der Waals surface area contributed by atoms with Crippen molar-refractivity contribution in [2.45, 2.75) is 29.6 Å². The van der Waals surface area contributed by atoms with E-state index in [0.29, 0.717) is 34.8 Å². The standard InChI is InChI=1S/C24H22ClFN2O4S/c1-32-21-11-10-20(15-22(21)33(30,31)28-19-8-6-17(25)7-9-19)27-23(29)24(12-3-13-24)16-4-2-5-18(26)14-16/h2,4-11,14-15,28H,3,12-13H2,1H3,(H,27,29). The van der Waals surface area contributed by atoms with Crippen molar-refractivity contribution in [2.24, 2.45) is 0 Å². The van der Waals surface area contributed by atoms with E-state index in [4.69, 9.17) is 16.3 Å². The van der Waals surface area contributed by atoms with Crippen molar-refractivity contribution in [1.82, 2.24) is 0 Å². The van der Waals surface area contributed by atoms with Crippen molar-refractivity contribution in [3.63, 3.8) is 0 Å². The summed E-state index contributed by atoms with van der Waals surface area (Å²) in [6.07, 6.45) is 2.01. The molecule has 0 unspecified atom stereocenters. The number of carbonyl (C=O) groups excluding carboxylic acids is 1. The van der Waals surface area contributed by atoms with Crippen molar-refractivity contribution >= 4 is 38.9 Å². The topological polar surface area (TPSA) is 84.5 Å². The van der Waals surface area contributed by atoms with Crippen LogP contribution in [0.2, 0.25) is 5.02 Å². The molecule has 6 nitrogen and oxygen atoms in total. The number of rotatable bonds is 7. The number of sulfonamides is 1. The zero-order chi connectivity index (χ0) is 23.6. The normalized spacial score (nSPS) is 14.8. The number of benzene rings is 3. The molecule has 0 aromatic heterocycles. The van der Waals surface area contributed by atoms with Gasteiger partial charge < -0.3 is 10.1 Å². The molecule has 1 fully saturated rings. The van der Waals surface area contributed by atoms with Gasteiger partial charge in [0, 0.05) is 16.4 Å². The van der Waals surface area contributed by atoms with Crippen LogP contribution in [0.25, 0.3) is 0 Å². The molecule has 1 aliphatic rings. The fourth-order valence-corrected chi connectivity index (χ4v) is 5.29. The van der Waals surface area contributed by atoms with E-state index in [1.165, 1.54) is 43.5 Å². The van der Waals surface area contributed by atoms with Gasteiger partial charge in [0.25, 0.3) is 10.0 Å². The average molecular weight is 489 g/mol. The van der Waals surface area contributed by atoms with Gasteiger partial charge in [-0.2, -0.15) is 0 Å². The van der Waals surface area contributed by atoms with E-state index in [2.05, 4.69) is 10.0 Å². The van der Waals surface area contributed by atoms with E-state index in [1.54, 1.807) is 30.3 Å². The largest absolute Gasteiger partial charge is 0.495 e. The highest BCUT2D eigenvalue weighted by atomic mass is 35.5. The summed E-state index contributed by atoms with van der Waals surface area (Å²) in [4.78, 5) is 13.1. The smallest absolute Gasteiger partial charge is 0.265 e. The third-order valence-electron chi connectivity index (χ3n) is 5.83. The van der Waals surface area contributed by atoms with Crippen molar-refractivity contribution in [2.75, 3.05) is 17.1 Å². The Morgan fingerprint density at radius 3 is 2.33 bits per heavy atom. The van der Waals surface area contributed by atoms with Gasteiger partial charge in [0.05, 0.1) is 12.5 Å². The van der Waals surface area contributed by atoms with Crippen LogP contribution in [0.5, 0.6) is 5.75 Å². The molecule has 1 amide bonds. The van der Waals surface area contributed by atoms with Crippen molar-refractivity contribution < 1.29 is 22.3 Å². The van der Waals surface area contributed by atoms with Gasteiger partial charge in [0.2, 0.25) is 5.91 Å². The van der Waals surface area contributed by atoms with Gasteiger partial charge in [-0.05, 0) is 73.0 Å². The van der Waals surface area contributed by atoms with Crippen LogP contribution >= 0.6 is 11.6 Å². The van der Waals surface area contributed by atoms with Crippen molar-refractivity contribution in [3.8, 4) is 5.75 Å². The lowest BCUT2D eigenvalue weighted by Crippen LogP contribution is -2.46. The minimum atomic E-state index is -4.03. The van der Waals surface area contributed by atoms with Crippen LogP contribution in [-0.4, -0.2) is 21.4 Å². The number of anilines is 2. The number of hydrogen-bond donors (Lipinski definition) is 2. The first kappa shape index (κ1) is 23.1. The summed E-state index contributed by atoms with van der Waals surface area (Å²) in [7, 11) is -2.67. The van der Waals surface area contributed by atoms with E-state index in [-0.39, 0.29) is 16.6 Å². The van der Waals surface area contributed by atoms with Gasteiger partial charge in [-0.1, -0.05) is 30.2 Å². The van der Waals surface area contributed by atoms with Crippen LogP contribution in [0.4, 0.5) is 15.8 Å². The molecule has 9 heteroatoms. The molecule has 1 saturated carbocycles. The molecule has 0 heterocycles. The third kappa shape index (κ3) is 4.67. The number of methoxy groups -OCH3 is 1. The van der Waals surface area contributed by atoms with E-state index in [0.717, 1.165) is 6.42 Å². The summed E-state index contributed by atoms with van der Waals surface area (Å²) in [5.74, 6) is -0.589. The first-order valence-electron chi connectivity index (χ1n) is 10.3. The molecule has 2 N–H and O–H groups in total. The Labute approximate surface area is 196 Å². The van der Waals surface area contributed by atoms with Gasteiger partial charge in [0.15, 0.2) is 0 Å². The Morgan fingerprint density at radius 2 is 1.73 bits per heavy atom. The summed E-state index contributed by atoms with van der Waals surface area (Å²) < 4.78 is 47.6. The number of ether oxygens (including phenoxy) is 1. The molecule has 1 aliphatic carbocycles.